The van der Waals surface area contributed by atoms with Crippen molar-refractivity contribution in [3.63, 3.8) is 0 Å². The molecule has 2 heterocycles. The van der Waals surface area contributed by atoms with Crippen molar-refractivity contribution in [1.82, 2.24) is 14.7 Å². The lowest BCUT2D eigenvalue weighted by atomic mass is 10.1. The van der Waals surface area contributed by atoms with Gasteiger partial charge in [-0.25, -0.2) is 4.79 Å². The molecule has 0 atom stereocenters. The van der Waals surface area contributed by atoms with E-state index in [0.29, 0.717) is 26.2 Å². The molecule has 6 heteroatoms. The highest BCUT2D eigenvalue weighted by molar-refractivity contribution is 5.68. The van der Waals surface area contributed by atoms with Crippen LogP contribution in [0.3, 0.4) is 0 Å². The first-order valence-corrected chi connectivity index (χ1v) is 6.81. The molecule has 110 valence electrons. The number of methoxy groups -OCH3 is 1. The van der Waals surface area contributed by atoms with Crippen molar-refractivity contribution in [3.8, 4) is 5.75 Å². The number of benzene rings is 1. The fourth-order valence-corrected chi connectivity index (χ4v) is 2.41. The molecular weight excluding hydrogens is 270 g/mol. The number of fused-ring (bicyclic) bond motifs is 1. The largest absolute Gasteiger partial charge is 0.492 e. The summed E-state index contributed by atoms with van der Waals surface area (Å²) in [7, 11) is 1.40. The summed E-state index contributed by atoms with van der Waals surface area (Å²) in [5.74, 6) is 0.813. The fraction of sp³-hybridized carbons (Fsp3) is 0.333. The average molecular weight is 287 g/mol. The van der Waals surface area contributed by atoms with Gasteiger partial charge in [0, 0.05) is 25.5 Å². The quantitative estimate of drug-likeness (QED) is 0.863. The lowest BCUT2D eigenvalue weighted by Crippen LogP contribution is -2.24. The summed E-state index contributed by atoms with van der Waals surface area (Å²) in [4.78, 5) is 13.2. The van der Waals surface area contributed by atoms with E-state index >= 15 is 0 Å². The molecule has 2 aromatic rings. The van der Waals surface area contributed by atoms with Gasteiger partial charge >= 0.3 is 6.09 Å². The Kier molecular flexibility index (Phi) is 3.77. The van der Waals surface area contributed by atoms with Crippen LogP contribution >= 0.6 is 0 Å². The average Bonchev–Trinajstić information content (AvgIpc) is 3.14. The van der Waals surface area contributed by atoms with Gasteiger partial charge in [0.1, 0.15) is 12.4 Å². The van der Waals surface area contributed by atoms with Gasteiger partial charge in [0.15, 0.2) is 0 Å². The molecule has 1 amide bonds. The van der Waals surface area contributed by atoms with Crippen molar-refractivity contribution in [2.24, 2.45) is 0 Å². The Morgan fingerprint density at radius 3 is 2.95 bits per heavy atom. The normalized spacial score (nSPS) is 13.1. The van der Waals surface area contributed by atoms with Crippen LogP contribution in [0.4, 0.5) is 4.79 Å². The molecular formula is C15H17N3O3. The standard InChI is InChI=1S/C15H17N3O3/c1-20-15(19)17-10-12-3-4-14(9-13(12)11-17)21-8-7-18-6-2-5-16-18/h2-6,9H,7-8,10-11H2,1H3. The molecule has 0 bridgehead atoms. The van der Waals surface area contributed by atoms with Gasteiger partial charge in [0.05, 0.1) is 13.7 Å². The van der Waals surface area contributed by atoms with E-state index in [1.165, 1.54) is 7.11 Å². The van der Waals surface area contributed by atoms with Crippen LogP contribution in [0, 0.1) is 0 Å². The number of carbonyl (C=O) groups is 1. The minimum absolute atomic E-state index is 0.299. The van der Waals surface area contributed by atoms with E-state index in [1.807, 2.05) is 35.1 Å². The summed E-state index contributed by atoms with van der Waals surface area (Å²) in [5, 5.41) is 4.12. The Morgan fingerprint density at radius 2 is 2.19 bits per heavy atom. The third-order valence-corrected chi connectivity index (χ3v) is 3.48. The predicted octanol–water partition coefficient (Wildman–Crippen LogP) is 2.04. The minimum atomic E-state index is -0.299. The summed E-state index contributed by atoms with van der Waals surface area (Å²) < 4.78 is 12.3. The van der Waals surface area contributed by atoms with Crippen molar-refractivity contribution >= 4 is 6.09 Å². The fourth-order valence-electron chi connectivity index (χ4n) is 2.41. The van der Waals surface area contributed by atoms with Crippen LogP contribution in [0.1, 0.15) is 11.1 Å². The van der Waals surface area contributed by atoms with Crippen LogP contribution in [0.5, 0.6) is 5.75 Å². The number of carbonyl (C=O) groups excluding carboxylic acids is 1. The van der Waals surface area contributed by atoms with Crippen LogP contribution in [-0.4, -0.2) is 34.5 Å². The van der Waals surface area contributed by atoms with E-state index in [1.54, 1.807) is 11.1 Å². The molecule has 6 nitrogen and oxygen atoms in total. The summed E-state index contributed by atoms with van der Waals surface area (Å²) in [5.41, 5.74) is 2.25. The first-order chi connectivity index (χ1) is 10.3. The molecule has 0 radical (unpaired) electrons. The number of hydrogen-bond acceptors (Lipinski definition) is 4. The highest BCUT2D eigenvalue weighted by Crippen LogP contribution is 2.27. The molecule has 1 aliphatic heterocycles. The monoisotopic (exact) mass is 287 g/mol. The van der Waals surface area contributed by atoms with Crippen molar-refractivity contribution in [2.75, 3.05) is 13.7 Å². The molecule has 3 rings (SSSR count). The minimum Gasteiger partial charge on any atom is -0.492 e. The second-order valence-electron chi connectivity index (χ2n) is 4.87. The Hall–Kier alpha value is -2.50. The Bertz CT molecular complexity index is 625. The molecule has 0 aliphatic carbocycles. The van der Waals surface area contributed by atoms with Gasteiger partial charge < -0.3 is 9.47 Å². The lowest BCUT2D eigenvalue weighted by Gasteiger charge is -2.12. The number of hydrogen-bond donors (Lipinski definition) is 0. The Morgan fingerprint density at radius 1 is 1.33 bits per heavy atom. The second kappa shape index (κ2) is 5.87. The van der Waals surface area contributed by atoms with Gasteiger partial charge in [-0.05, 0) is 29.3 Å². The third kappa shape index (κ3) is 2.99. The van der Waals surface area contributed by atoms with Crippen LogP contribution in [0.2, 0.25) is 0 Å². The van der Waals surface area contributed by atoms with Crippen LogP contribution in [-0.2, 0) is 24.4 Å². The van der Waals surface area contributed by atoms with Gasteiger partial charge in [-0.3, -0.25) is 9.58 Å². The molecule has 21 heavy (non-hydrogen) atoms. The van der Waals surface area contributed by atoms with Gasteiger partial charge in [-0.15, -0.1) is 0 Å². The number of aromatic nitrogens is 2. The lowest BCUT2D eigenvalue weighted by molar-refractivity contribution is 0.123. The van der Waals surface area contributed by atoms with Crippen molar-refractivity contribution in [1.29, 1.82) is 0 Å². The zero-order valence-electron chi connectivity index (χ0n) is 11.9. The third-order valence-electron chi connectivity index (χ3n) is 3.48. The first kappa shape index (κ1) is 13.5. The summed E-state index contributed by atoms with van der Waals surface area (Å²) in [6.45, 7) is 2.42. The van der Waals surface area contributed by atoms with Crippen molar-refractivity contribution in [3.05, 3.63) is 47.8 Å². The van der Waals surface area contributed by atoms with Crippen LogP contribution in [0.25, 0.3) is 0 Å². The molecule has 1 aliphatic rings. The smallest absolute Gasteiger partial charge is 0.410 e. The summed E-state index contributed by atoms with van der Waals surface area (Å²) in [6.07, 6.45) is 3.35. The van der Waals surface area contributed by atoms with E-state index < -0.39 is 0 Å². The maximum atomic E-state index is 11.5. The second-order valence-corrected chi connectivity index (χ2v) is 4.87. The zero-order chi connectivity index (χ0) is 14.7. The maximum absolute atomic E-state index is 11.5. The maximum Gasteiger partial charge on any atom is 0.410 e. The molecule has 1 aromatic carbocycles. The molecule has 0 fully saturated rings. The van der Waals surface area contributed by atoms with E-state index in [0.717, 1.165) is 16.9 Å². The predicted molar refractivity (Wildman–Crippen MR) is 75.8 cm³/mol. The summed E-state index contributed by atoms with van der Waals surface area (Å²) in [6, 6.07) is 7.81. The van der Waals surface area contributed by atoms with Gasteiger partial charge in [-0.2, -0.15) is 5.10 Å². The van der Waals surface area contributed by atoms with Crippen molar-refractivity contribution in [2.45, 2.75) is 19.6 Å². The highest BCUT2D eigenvalue weighted by Gasteiger charge is 2.24. The number of ether oxygens (including phenoxy) is 2. The van der Waals surface area contributed by atoms with E-state index in [9.17, 15) is 4.79 Å². The van der Waals surface area contributed by atoms with Crippen LogP contribution < -0.4 is 4.74 Å². The first-order valence-electron chi connectivity index (χ1n) is 6.81. The zero-order valence-corrected chi connectivity index (χ0v) is 11.9. The van der Waals surface area contributed by atoms with E-state index in [2.05, 4.69) is 5.10 Å². The molecule has 0 saturated carbocycles. The van der Waals surface area contributed by atoms with E-state index in [4.69, 9.17) is 9.47 Å². The van der Waals surface area contributed by atoms with Crippen molar-refractivity contribution < 1.29 is 14.3 Å². The molecule has 0 saturated heterocycles. The molecule has 1 aromatic heterocycles. The summed E-state index contributed by atoms with van der Waals surface area (Å²) >= 11 is 0. The molecule has 0 N–H and O–H groups in total. The SMILES string of the molecule is COC(=O)N1Cc2ccc(OCCn3cccn3)cc2C1. The molecule has 0 spiro atoms. The van der Waals surface area contributed by atoms with Gasteiger partial charge in [0.25, 0.3) is 0 Å². The van der Waals surface area contributed by atoms with Gasteiger partial charge in [0.2, 0.25) is 0 Å². The Labute approximate surface area is 122 Å². The number of rotatable bonds is 4. The number of amides is 1. The number of nitrogens with zero attached hydrogens (tertiary/aromatic N) is 3. The topological polar surface area (TPSA) is 56.6 Å². The highest BCUT2D eigenvalue weighted by atomic mass is 16.5. The van der Waals surface area contributed by atoms with Crippen LogP contribution in [0.15, 0.2) is 36.7 Å². The van der Waals surface area contributed by atoms with Gasteiger partial charge in [-0.1, -0.05) is 6.07 Å². The van der Waals surface area contributed by atoms with E-state index in [-0.39, 0.29) is 6.09 Å². The molecule has 0 unspecified atom stereocenters. The Balaban J connectivity index is 1.59.